The molecule has 0 N–H and O–H groups in total. The summed E-state index contributed by atoms with van der Waals surface area (Å²) in [6, 6.07) is 0.670. The van der Waals surface area contributed by atoms with E-state index in [4.69, 9.17) is 4.42 Å². The molecule has 25 heavy (non-hydrogen) atoms. The summed E-state index contributed by atoms with van der Waals surface area (Å²) in [6.45, 7) is 6.86. The maximum atomic E-state index is 5.60. The van der Waals surface area contributed by atoms with E-state index in [2.05, 4.69) is 55.8 Å². The fourth-order valence-corrected chi connectivity index (χ4v) is 3.68. The van der Waals surface area contributed by atoms with Crippen LogP contribution >= 0.6 is 0 Å². The van der Waals surface area contributed by atoms with Gasteiger partial charge in [0.25, 0.3) is 0 Å². The minimum absolute atomic E-state index is 0.163. The molecule has 0 aromatic carbocycles. The summed E-state index contributed by atoms with van der Waals surface area (Å²) in [5.74, 6) is 4.18. The van der Waals surface area contributed by atoms with Crippen LogP contribution < -0.4 is 0 Å². The number of nitrogens with zero attached hydrogens (tertiary/aromatic N) is 7. The van der Waals surface area contributed by atoms with Gasteiger partial charge in [0.15, 0.2) is 0 Å². The van der Waals surface area contributed by atoms with E-state index in [0.717, 1.165) is 37.7 Å². The van der Waals surface area contributed by atoms with Crippen LogP contribution in [0.3, 0.4) is 0 Å². The number of likely N-dealkylation sites (N-methyl/N-ethyl adjacent to an activating group) is 1. The second-order valence-electron chi connectivity index (χ2n) is 7.50. The van der Waals surface area contributed by atoms with Crippen molar-refractivity contribution in [1.29, 1.82) is 0 Å². The van der Waals surface area contributed by atoms with Gasteiger partial charge >= 0.3 is 0 Å². The van der Waals surface area contributed by atoms with Crippen LogP contribution in [0.25, 0.3) is 0 Å². The van der Waals surface area contributed by atoms with Crippen molar-refractivity contribution >= 4 is 0 Å². The summed E-state index contributed by atoms with van der Waals surface area (Å²) in [6.07, 6.45) is 3.65. The van der Waals surface area contributed by atoms with E-state index in [1.807, 2.05) is 6.92 Å². The van der Waals surface area contributed by atoms with E-state index in [1.54, 1.807) is 0 Å². The number of aromatic nitrogens is 5. The number of likely N-dealkylation sites (tertiary alicyclic amines) is 1. The molecule has 0 bridgehead atoms. The second kappa shape index (κ2) is 6.49. The van der Waals surface area contributed by atoms with Crippen LogP contribution in [0.4, 0.5) is 0 Å². The van der Waals surface area contributed by atoms with E-state index in [1.165, 1.54) is 12.8 Å². The molecule has 2 atom stereocenters. The molecule has 8 heteroatoms. The third-order valence-corrected chi connectivity index (χ3v) is 5.60. The molecule has 0 spiro atoms. The first-order valence-corrected chi connectivity index (χ1v) is 9.15. The van der Waals surface area contributed by atoms with E-state index < -0.39 is 0 Å². The van der Waals surface area contributed by atoms with Gasteiger partial charge in [-0.25, -0.2) is 0 Å². The Morgan fingerprint density at radius 3 is 2.68 bits per heavy atom. The Balaban J connectivity index is 1.36. The highest BCUT2D eigenvalue weighted by Gasteiger charge is 2.33. The summed E-state index contributed by atoms with van der Waals surface area (Å²) in [7, 11) is 4.28. The predicted molar refractivity (Wildman–Crippen MR) is 91.9 cm³/mol. The van der Waals surface area contributed by atoms with Crippen molar-refractivity contribution in [2.45, 2.75) is 57.7 Å². The lowest BCUT2D eigenvalue weighted by atomic mass is 10.2. The number of rotatable bonds is 6. The molecule has 0 amide bonds. The Kier molecular flexibility index (Phi) is 4.33. The standard InChI is InChI=1S/C17H27N7O/c1-11(17-21-18-12(2)25-17)24-8-7-14(9-24)22(3)10-15-19-20-16(23(15)4)13-5-6-13/h11,13-14H,5-10H2,1-4H3/t11-,14-/m1/s1. The lowest BCUT2D eigenvalue weighted by Crippen LogP contribution is -2.35. The average Bonchev–Trinajstić information content (AvgIpc) is 2.99. The van der Waals surface area contributed by atoms with Gasteiger partial charge in [0.05, 0.1) is 12.6 Å². The van der Waals surface area contributed by atoms with Crippen molar-refractivity contribution in [1.82, 2.24) is 34.8 Å². The first-order valence-electron chi connectivity index (χ1n) is 9.15. The third-order valence-electron chi connectivity index (χ3n) is 5.60. The van der Waals surface area contributed by atoms with Crippen molar-refractivity contribution in [3.8, 4) is 0 Å². The average molecular weight is 345 g/mol. The highest BCUT2D eigenvalue weighted by molar-refractivity contribution is 5.08. The first-order chi connectivity index (χ1) is 12.0. The van der Waals surface area contributed by atoms with Gasteiger partial charge in [0.1, 0.15) is 11.6 Å². The summed E-state index contributed by atoms with van der Waals surface area (Å²) in [5, 5.41) is 16.9. The molecule has 1 saturated carbocycles. The molecule has 1 aliphatic heterocycles. The van der Waals surface area contributed by atoms with E-state index in [-0.39, 0.29) is 6.04 Å². The maximum Gasteiger partial charge on any atom is 0.233 e. The number of hydrogen-bond acceptors (Lipinski definition) is 7. The number of aryl methyl sites for hydroxylation is 1. The molecule has 1 aliphatic carbocycles. The molecule has 4 rings (SSSR count). The highest BCUT2D eigenvalue weighted by Crippen LogP contribution is 2.38. The van der Waals surface area contributed by atoms with Crippen LogP contribution in [0, 0.1) is 6.92 Å². The summed E-state index contributed by atoms with van der Waals surface area (Å²) in [4.78, 5) is 4.81. The monoisotopic (exact) mass is 345 g/mol. The van der Waals surface area contributed by atoms with Crippen LogP contribution in [0.15, 0.2) is 4.42 Å². The zero-order valence-electron chi connectivity index (χ0n) is 15.5. The van der Waals surface area contributed by atoms with E-state index >= 15 is 0 Å². The Labute approximate surface area is 148 Å². The molecular formula is C17H27N7O. The second-order valence-corrected chi connectivity index (χ2v) is 7.50. The quantitative estimate of drug-likeness (QED) is 0.788. The van der Waals surface area contributed by atoms with Crippen LogP contribution in [-0.4, -0.2) is 60.9 Å². The largest absolute Gasteiger partial charge is 0.424 e. The minimum Gasteiger partial charge on any atom is -0.424 e. The summed E-state index contributed by atoms with van der Waals surface area (Å²) in [5.41, 5.74) is 0. The molecule has 2 aromatic rings. The van der Waals surface area contributed by atoms with Gasteiger partial charge < -0.3 is 8.98 Å². The topological polar surface area (TPSA) is 76.1 Å². The SMILES string of the molecule is Cc1nnc([C@@H](C)N2CC[C@@H](N(C)Cc3nnc(C4CC4)n3C)C2)o1. The van der Waals surface area contributed by atoms with Crippen molar-refractivity contribution in [2.24, 2.45) is 7.05 Å². The third kappa shape index (κ3) is 3.32. The fraction of sp³-hybridized carbons (Fsp3) is 0.765. The van der Waals surface area contributed by atoms with Gasteiger partial charge in [0.2, 0.25) is 11.8 Å². The Hall–Kier alpha value is -1.80. The molecule has 2 aliphatic rings. The van der Waals surface area contributed by atoms with Crippen LogP contribution in [0.5, 0.6) is 0 Å². The molecule has 8 nitrogen and oxygen atoms in total. The van der Waals surface area contributed by atoms with Gasteiger partial charge in [-0.3, -0.25) is 9.80 Å². The lowest BCUT2D eigenvalue weighted by Gasteiger charge is -2.25. The zero-order valence-corrected chi connectivity index (χ0v) is 15.5. The van der Waals surface area contributed by atoms with E-state index in [9.17, 15) is 0 Å². The van der Waals surface area contributed by atoms with Gasteiger partial charge in [-0.05, 0) is 33.2 Å². The van der Waals surface area contributed by atoms with Crippen molar-refractivity contribution < 1.29 is 4.42 Å². The summed E-state index contributed by atoms with van der Waals surface area (Å²) < 4.78 is 7.78. The van der Waals surface area contributed by atoms with Crippen LogP contribution in [-0.2, 0) is 13.6 Å². The number of hydrogen-bond donors (Lipinski definition) is 0. The normalized spacial score (nSPS) is 22.8. The van der Waals surface area contributed by atoms with Crippen molar-refractivity contribution in [3.63, 3.8) is 0 Å². The van der Waals surface area contributed by atoms with Crippen molar-refractivity contribution in [2.75, 3.05) is 20.1 Å². The fourth-order valence-electron chi connectivity index (χ4n) is 3.68. The molecule has 136 valence electrons. The minimum atomic E-state index is 0.163. The zero-order chi connectivity index (χ0) is 17.6. The van der Waals surface area contributed by atoms with Gasteiger partial charge in [-0.15, -0.1) is 20.4 Å². The molecule has 0 radical (unpaired) electrons. The lowest BCUT2D eigenvalue weighted by molar-refractivity contribution is 0.183. The van der Waals surface area contributed by atoms with Crippen molar-refractivity contribution in [3.05, 3.63) is 23.4 Å². The summed E-state index contributed by atoms with van der Waals surface area (Å²) >= 11 is 0. The molecule has 3 heterocycles. The predicted octanol–water partition coefficient (Wildman–Crippen LogP) is 1.65. The molecule has 0 unspecified atom stereocenters. The first kappa shape index (κ1) is 16.7. The molecule has 2 aromatic heterocycles. The molecule has 1 saturated heterocycles. The van der Waals surface area contributed by atoms with Crippen LogP contribution in [0.1, 0.15) is 61.6 Å². The van der Waals surface area contributed by atoms with Gasteiger partial charge in [0, 0.05) is 39.0 Å². The molecule has 2 fully saturated rings. The smallest absolute Gasteiger partial charge is 0.233 e. The Bertz CT molecular complexity index is 735. The maximum absolute atomic E-state index is 5.60. The highest BCUT2D eigenvalue weighted by atomic mass is 16.4. The Morgan fingerprint density at radius 2 is 2.00 bits per heavy atom. The van der Waals surface area contributed by atoms with Gasteiger partial charge in [-0.2, -0.15) is 0 Å². The Morgan fingerprint density at radius 1 is 1.20 bits per heavy atom. The van der Waals surface area contributed by atoms with E-state index in [0.29, 0.717) is 23.7 Å². The van der Waals surface area contributed by atoms with Gasteiger partial charge in [-0.1, -0.05) is 0 Å². The molecular weight excluding hydrogens is 318 g/mol. The van der Waals surface area contributed by atoms with Crippen LogP contribution in [0.2, 0.25) is 0 Å².